The number of hydrogen-bond acceptors (Lipinski definition) is 4. The maximum Gasteiger partial charge on any atom is 0.341 e. The molecule has 0 aliphatic carbocycles. The van der Waals surface area contributed by atoms with Crippen molar-refractivity contribution in [1.29, 1.82) is 0 Å². The molecule has 1 aliphatic heterocycles. The van der Waals surface area contributed by atoms with Crippen LogP contribution in [-0.4, -0.2) is 41.3 Å². The molecular formula is C17H20ClF2N3O3. The van der Waals surface area contributed by atoms with Gasteiger partial charge in [0.05, 0.1) is 10.9 Å². The molecule has 2 N–H and O–H groups in total. The van der Waals surface area contributed by atoms with E-state index in [1.807, 2.05) is 6.92 Å². The fourth-order valence-corrected chi connectivity index (χ4v) is 3.30. The Morgan fingerprint density at radius 2 is 2.12 bits per heavy atom. The van der Waals surface area contributed by atoms with Gasteiger partial charge in [0.15, 0.2) is 5.82 Å². The lowest BCUT2D eigenvalue weighted by Gasteiger charge is -2.34. The first-order valence-corrected chi connectivity index (χ1v) is 8.11. The molecule has 0 saturated carbocycles. The molecule has 3 rings (SSSR count). The fraction of sp³-hybridized carbons (Fsp3) is 0.412. The van der Waals surface area contributed by atoms with E-state index in [1.165, 1.54) is 4.57 Å². The van der Waals surface area contributed by atoms with Crippen molar-refractivity contribution in [2.45, 2.75) is 26.4 Å². The Bertz CT molecular complexity index is 916. The number of halogens is 3. The van der Waals surface area contributed by atoms with E-state index >= 15 is 4.39 Å². The fourth-order valence-electron chi connectivity index (χ4n) is 3.30. The van der Waals surface area contributed by atoms with E-state index in [0.29, 0.717) is 19.6 Å². The summed E-state index contributed by atoms with van der Waals surface area (Å²) in [4.78, 5) is 25.2. The van der Waals surface area contributed by atoms with Crippen molar-refractivity contribution in [2.24, 2.45) is 0 Å². The van der Waals surface area contributed by atoms with Crippen LogP contribution >= 0.6 is 12.4 Å². The Morgan fingerprint density at radius 1 is 1.42 bits per heavy atom. The second-order valence-corrected chi connectivity index (χ2v) is 6.18. The molecule has 9 heteroatoms. The summed E-state index contributed by atoms with van der Waals surface area (Å²) in [5.41, 5.74) is -1.63. The number of aromatic nitrogens is 1. The van der Waals surface area contributed by atoms with Crippen LogP contribution in [0.4, 0.5) is 14.5 Å². The molecule has 0 bridgehead atoms. The number of carboxylic acid groups (broad SMARTS) is 1. The number of anilines is 1. The Hall–Kier alpha value is -2.19. The number of rotatable bonds is 3. The highest BCUT2D eigenvalue weighted by atomic mass is 35.5. The summed E-state index contributed by atoms with van der Waals surface area (Å²) in [5.74, 6) is -3.11. The number of piperazine rings is 1. The van der Waals surface area contributed by atoms with Gasteiger partial charge in [0.2, 0.25) is 5.43 Å². The molecule has 1 aliphatic rings. The summed E-state index contributed by atoms with van der Waals surface area (Å²) in [6.45, 7) is 5.33. The van der Waals surface area contributed by atoms with Crippen molar-refractivity contribution >= 4 is 35.0 Å². The molecular weight excluding hydrogens is 368 g/mol. The third kappa shape index (κ3) is 3.26. The van der Waals surface area contributed by atoms with Gasteiger partial charge in [-0.15, -0.1) is 12.4 Å². The van der Waals surface area contributed by atoms with Gasteiger partial charge in [-0.3, -0.25) is 4.79 Å². The molecule has 0 radical (unpaired) electrons. The van der Waals surface area contributed by atoms with E-state index < -0.39 is 28.6 Å². The zero-order chi connectivity index (χ0) is 18.3. The monoisotopic (exact) mass is 387 g/mol. The highest BCUT2D eigenvalue weighted by Crippen LogP contribution is 2.30. The van der Waals surface area contributed by atoms with Crippen LogP contribution < -0.4 is 15.6 Å². The molecule has 0 amide bonds. The zero-order valence-corrected chi connectivity index (χ0v) is 15.2. The first-order chi connectivity index (χ1) is 11.8. The number of fused-ring (bicyclic) bond motifs is 1. The minimum atomic E-state index is -1.42. The van der Waals surface area contributed by atoms with Crippen molar-refractivity contribution in [3.8, 4) is 0 Å². The number of pyridine rings is 1. The number of nitrogens with one attached hydrogen (secondary N) is 1. The van der Waals surface area contributed by atoms with Gasteiger partial charge in [-0.25, -0.2) is 13.6 Å². The van der Waals surface area contributed by atoms with E-state index in [4.69, 9.17) is 5.11 Å². The number of benzene rings is 1. The molecule has 1 atom stereocenters. The van der Waals surface area contributed by atoms with Crippen molar-refractivity contribution in [2.75, 3.05) is 24.5 Å². The molecule has 0 spiro atoms. The highest BCUT2D eigenvalue weighted by molar-refractivity contribution is 5.93. The van der Waals surface area contributed by atoms with Crippen LogP contribution in [0.5, 0.6) is 0 Å². The molecule has 1 aromatic heterocycles. The number of carbonyl (C=O) groups is 1. The van der Waals surface area contributed by atoms with Crippen molar-refractivity contribution < 1.29 is 18.7 Å². The van der Waals surface area contributed by atoms with E-state index in [9.17, 15) is 14.0 Å². The summed E-state index contributed by atoms with van der Waals surface area (Å²) in [5, 5.41) is 12.1. The number of nitrogens with zero attached hydrogens (tertiary/aromatic N) is 2. The van der Waals surface area contributed by atoms with Crippen LogP contribution in [0.3, 0.4) is 0 Å². The molecule has 6 nitrogen and oxygen atoms in total. The molecule has 2 heterocycles. The van der Waals surface area contributed by atoms with Crippen LogP contribution in [0.1, 0.15) is 24.2 Å². The molecule has 142 valence electrons. The largest absolute Gasteiger partial charge is 0.477 e. The van der Waals surface area contributed by atoms with Gasteiger partial charge in [-0.2, -0.15) is 0 Å². The normalized spacial score (nSPS) is 17.2. The summed E-state index contributed by atoms with van der Waals surface area (Å²) in [7, 11) is 0. The van der Waals surface area contributed by atoms with Crippen LogP contribution in [0.25, 0.3) is 10.9 Å². The number of aryl methyl sites for hydroxylation is 1. The Morgan fingerprint density at radius 3 is 2.69 bits per heavy atom. The van der Waals surface area contributed by atoms with E-state index in [0.717, 1.165) is 12.3 Å². The third-order valence-corrected chi connectivity index (χ3v) is 4.49. The topological polar surface area (TPSA) is 74.6 Å². The Kier molecular flexibility index (Phi) is 5.87. The SMILES string of the molecule is CCn1cc(C(=O)O)c(=O)c2cc(F)c(N3CCN[C@@H](C)C3)c(F)c21.Cl. The first-order valence-electron chi connectivity index (χ1n) is 8.11. The molecule has 0 unspecified atom stereocenters. The summed E-state index contributed by atoms with van der Waals surface area (Å²) in [6.07, 6.45) is 1.11. The molecule has 26 heavy (non-hydrogen) atoms. The molecule has 2 aromatic rings. The number of aromatic carboxylic acids is 1. The lowest BCUT2D eigenvalue weighted by Crippen LogP contribution is -2.49. The van der Waals surface area contributed by atoms with Crippen LogP contribution in [0, 0.1) is 11.6 Å². The van der Waals surface area contributed by atoms with Crippen LogP contribution in [0.2, 0.25) is 0 Å². The van der Waals surface area contributed by atoms with Crippen LogP contribution in [0.15, 0.2) is 17.1 Å². The lowest BCUT2D eigenvalue weighted by atomic mass is 10.1. The summed E-state index contributed by atoms with van der Waals surface area (Å²) in [6, 6.07) is 1.02. The second-order valence-electron chi connectivity index (χ2n) is 6.18. The molecule has 1 aromatic carbocycles. The smallest absolute Gasteiger partial charge is 0.341 e. The number of hydrogen-bond donors (Lipinski definition) is 2. The average molecular weight is 388 g/mol. The first kappa shape index (κ1) is 20.1. The Balaban J connectivity index is 0.00000243. The minimum absolute atomic E-state index is 0. The molecule has 1 saturated heterocycles. The molecule has 1 fully saturated rings. The number of carboxylic acids is 1. The maximum absolute atomic E-state index is 15.2. The second kappa shape index (κ2) is 7.59. The van der Waals surface area contributed by atoms with Crippen molar-refractivity contribution in [1.82, 2.24) is 9.88 Å². The van der Waals surface area contributed by atoms with Crippen LogP contribution in [-0.2, 0) is 6.54 Å². The minimum Gasteiger partial charge on any atom is -0.477 e. The van der Waals surface area contributed by atoms with Crippen molar-refractivity contribution in [3.05, 3.63) is 39.7 Å². The average Bonchev–Trinajstić information content (AvgIpc) is 2.55. The lowest BCUT2D eigenvalue weighted by molar-refractivity contribution is 0.0695. The predicted molar refractivity (Wildman–Crippen MR) is 97.7 cm³/mol. The third-order valence-electron chi connectivity index (χ3n) is 4.49. The highest BCUT2D eigenvalue weighted by Gasteiger charge is 2.26. The van der Waals surface area contributed by atoms with Gasteiger partial charge >= 0.3 is 5.97 Å². The van der Waals surface area contributed by atoms with Gasteiger partial charge in [-0.1, -0.05) is 0 Å². The van der Waals surface area contributed by atoms with E-state index in [1.54, 1.807) is 11.8 Å². The van der Waals surface area contributed by atoms with Gasteiger partial charge < -0.3 is 19.9 Å². The Labute approximate surface area is 154 Å². The standard InChI is InChI=1S/C17H19F2N3O3.ClH/c1-3-21-8-11(17(24)25)16(23)10-6-12(18)15(13(19)14(10)21)22-5-4-20-9(2)7-22;/h6,8-9,20H,3-5,7H2,1-2H3,(H,24,25);1H/t9-;/m0./s1. The van der Waals surface area contributed by atoms with Gasteiger partial charge in [0.1, 0.15) is 17.1 Å². The van der Waals surface area contributed by atoms with E-state index in [2.05, 4.69) is 5.32 Å². The van der Waals surface area contributed by atoms with Gasteiger partial charge in [-0.05, 0) is 19.9 Å². The zero-order valence-electron chi connectivity index (χ0n) is 14.4. The predicted octanol–water partition coefficient (Wildman–Crippen LogP) is 2.22. The van der Waals surface area contributed by atoms with E-state index in [-0.39, 0.29) is 41.6 Å². The summed E-state index contributed by atoms with van der Waals surface area (Å²) < 4.78 is 31.2. The summed E-state index contributed by atoms with van der Waals surface area (Å²) >= 11 is 0. The quantitative estimate of drug-likeness (QED) is 0.844. The van der Waals surface area contributed by atoms with Gasteiger partial charge in [0.25, 0.3) is 0 Å². The van der Waals surface area contributed by atoms with Gasteiger partial charge in [0, 0.05) is 38.4 Å². The van der Waals surface area contributed by atoms with Crippen molar-refractivity contribution in [3.63, 3.8) is 0 Å². The maximum atomic E-state index is 15.2.